The van der Waals surface area contributed by atoms with Gasteiger partial charge < -0.3 is 36.0 Å². The second-order valence-electron chi connectivity index (χ2n) is 12.1. The number of allylic oxidation sites excluding steroid dienone is 1. The van der Waals surface area contributed by atoms with E-state index >= 15 is 0 Å². The number of aliphatic hydroxyl groups is 6. The average molecular weight is 622 g/mol. The molecule has 12 nitrogen and oxygen atoms in total. The first kappa shape index (κ1) is 45.6. The first-order valence-electron chi connectivity index (χ1n) is 12.9. The minimum absolute atomic E-state index is 0. The van der Waals surface area contributed by atoms with Gasteiger partial charge in [-0.2, -0.15) is 0 Å². The summed E-state index contributed by atoms with van der Waals surface area (Å²) in [4.78, 5) is 31.7. The number of Topliss-reactive ketones (excluding diaryl/α,β-unsaturated/α-hetero) is 2. The van der Waals surface area contributed by atoms with Crippen molar-refractivity contribution in [1.82, 2.24) is 16.0 Å². The zero-order valence-electron chi connectivity index (χ0n) is 25.7. The summed E-state index contributed by atoms with van der Waals surface area (Å²) in [7, 11) is 0. The van der Waals surface area contributed by atoms with Gasteiger partial charge in [-0.15, -0.1) is 0 Å². The van der Waals surface area contributed by atoms with Crippen molar-refractivity contribution in [3.63, 3.8) is 0 Å². The van der Waals surface area contributed by atoms with Crippen molar-refractivity contribution in [3.8, 4) is 0 Å². The van der Waals surface area contributed by atoms with Gasteiger partial charge in [0.15, 0.2) is 11.7 Å². The zero-order chi connectivity index (χ0) is 31.4. The molecule has 0 heterocycles. The van der Waals surface area contributed by atoms with Crippen LogP contribution in [0.25, 0.3) is 0 Å². The summed E-state index contributed by atoms with van der Waals surface area (Å²) in [6, 6.07) is 0. The summed E-state index contributed by atoms with van der Waals surface area (Å²) in [6.45, 7) is 16.9. The molecule has 0 amide bonds. The third kappa shape index (κ3) is 32.8. The molecule has 0 aromatic rings. The smallest absolute Gasteiger partial charge is 0.187 e. The van der Waals surface area contributed by atoms with E-state index in [4.69, 9.17) is 20.4 Å². The molecule has 0 saturated carbocycles. The first-order chi connectivity index (χ1) is 17.6. The normalized spacial score (nSPS) is 13.4. The quantitative estimate of drug-likeness (QED) is 0.0467. The largest absolute Gasteiger partial charge is 0.495 e. The molecule has 0 spiro atoms. The third-order valence-electron chi connectivity index (χ3n) is 4.97. The Balaban J connectivity index is -0.000000240. The molecule has 0 saturated heterocycles. The number of rotatable bonds is 17. The van der Waals surface area contributed by atoms with Crippen molar-refractivity contribution < 1.29 is 62.1 Å². The topological polar surface area (TPSA) is 209 Å². The molecule has 0 aromatic heterocycles. The Morgan fingerprint density at radius 3 is 1.23 bits per heavy atom. The minimum atomic E-state index is -0.802. The summed E-state index contributed by atoms with van der Waals surface area (Å²) in [6.07, 6.45) is -0.275. The van der Waals surface area contributed by atoms with E-state index in [1.165, 1.54) is 20.8 Å². The first-order valence-corrected chi connectivity index (χ1v) is 12.9. The van der Waals surface area contributed by atoms with Crippen LogP contribution >= 0.6 is 0 Å². The zero-order valence-corrected chi connectivity index (χ0v) is 26.8. The van der Waals surface area contributed by atoms with E-state index in [9.17, 15) is 24.6 Å². The SMILES string of the molecule is CC(=O)C=C(O)NCC(C)(C)CO.CC(=O)CC(O)NCC(C)(C)CO.CC(=O)CC(O)NCC(C)(C)CO.[Fe]. The van der Waals surface area contributed by atoms with Crippen LogP contribution in [-0.2, 0) is 31.5 Å². The molecule has 0 bridgehead atoms. The molecule has 240 valence electrons. The molecule has 0 rings (SSSR count). The second kappa shape index (κ2) is 23.2. The van der Waals surface area contributed by atoms with Crippen molar-refractivity contribution in [2.45, 2.75) is 87.6 Å². The summed E-state index contributed by atoms with van der Waals surface area (Å²) >= 11 is 0. The van der Waals surface area contributed by atoms with Gasteiger partial charge in [0.25, 0.3) is 0 Å². The molecule has 13 heteroatoms. The van der Waals surface area contributed by atoms with Crippen molar-refractivity contribution in [2.75, 3.05) is 39.5 Å². The van der Waals surface area contributed by atoms with Crippen LogP contribution in [0, 0.1) is 16.2 Å². The standard InChI is InChI=1S/2C9H19NO3.C9H17NO3.Fe/c3*1-7(12)4-8(13)10-5-9(2,3)6-11;/h2*8,10-11,13H,4-6H2,1-3H3;4,10-11,13H,5-6H2,1-3H3;. The Kier molecular flexibility index (Phi) is 26.4. The molecule has 0 aromatic carbocycles. The maximum absolute atomic E-state index is 10.6. The van der Waals surface area contributed by atoms with Crippen LogP contribution in [0.15, 0.2) is 12.0 Å². The molecule has 40 heavy (non-hydrogen) atoms. The van der Waals surface area contributed by atoms with E-state index in [2.05, 4.69) is 16.0 Å². The Bertz CT molecular complexity index is 707. The molecule has 2 atom stereocenters. The molecule has 2 unspecified atom stereocenters. The maximum Gasteiger partial charge on any atom is 0.187 e. The van der Waals surface area contributed by atoms with Crippen molar-refractivity contribution >= 4 is 17.3 Å². The van der Waals surface area contributed by atoms with Gasteiger partial charge in [0, 0.05) is 91.7 Å². The summed E-state index contributed by atoms with van der Waals surface area (Å²) in [5.41, 5.74) is -0.839. The number of aliphatic hydroxyl groups excluding tert-OH is 6. The maximum atomic E-state index is 10.6. The number of nitrogens with one attached hydrogen (secondary N) is 3. The van der Waals surface area contributed by atoms with E-state index < -0.39 is 12.5 Å². The molecule has 0 aliphatic carbocycles. The van der Waals surface area contributed by atoms with E-state index in [1.807, 2.05) is 41.5 Å². The Labute approximate surface area is 250 Å². The molecule has 0 aliphatic heterocycles. The molecular formula is C27H55FeN3O9. The fourth-order valence-electron chi connectivity index (χ4n) is 2.22. The number of carbonyl (C=O) groups is 3. The van der Waals surface area contributed by atoms with E-state index in [0.717, 1.165) is 6.08 Å². The molecule has 0 fully saturated rings. The predicted molar refractivity (Wildman–Crippen MR) is 151 cm³/mol. The summed E-state index contributed by atoms with van der Waals surface area (Å²) in [5.74, 6) is -0.482. The Hall–Kier alpha value is -1.41. The number of carbonyl (C=O) groups excluding carboxylic acids is 3. The van der Waals surface area contributed by atoms with Gasteiger partial charge in [-0.3, -0.25) is 25.0 Å². The Morgan fingerprint density at radius 1 is 0.675 bits per heavy atom. The van der Waals surface area contributed by atoms with Crippen LogP contribution in [0.1, 0.15) is 75.2 Å². The van der Waals surface area contributed by atoms with E-state index in [1.54, 1.807) is 0 Å². The average Bonchev–Trinajstić information content (AvgIpc) is 2.80. The number of ketones is 3. The van der Waals surface area contributed by atoms with Gasteiger partial charge >= 0.3 is 0 Å². The predicted octanol–water partition coefficient (Wildman–Crippen LogP) is 0.364. The summed E-state index contributed by atoms with van der Waals surface area (Å²) < 4.78 is 0. The Morgan fingerprint density at radius 2 is 0.975 bits per heavy atom. The molecular weight excluding hydrogens is 566 g/mol. The second-order valence-corrected chi connectivity index (χ2v) is 12.1. The van der Waals surface area contributed by atoms with Gasteiger partial charge in [0.1, 0.15) is 24.0 Å². The van der Waals surface area contributed by atoms with E-state index in [0.29, 0.717) is 19.6 Å². The number of hydrogen-bond donors (Lipinski definition) is 9. The molecule has 0 aliphatic rings. The van der Waals surface area contributed by atoms with Crippen molar-refractivity contribution in [1.29, 1.82) is 0 Å². The van der Waals surface area contributed by atoms with Gasteiger partial charge in [-0.25, -0.2) is 0 Å². The van der Waals surface area contributed by atoms with Crippen molar-refractivity contribution in [3.05, 3.63) is 12.0 Å². The summed E-state index contributed by atoms with van der Waals surface area (Å²) in [5, 5.41) is 62.5. The van der Waals surface area contributed by atoms with Crippen LogP contribution in [0.5, 0.6) is 0 Å². The van der Waals surface area contributed by atoms with Gasteiger partial charge in [-0.05, 0) is 20.8 Å². The van der Waals surface area contributed by atoms with Crippen LogP contribution in [-0.4, -0.2) is 99.9 Å². The van der Waals surface area contributed by atoms with Crippen molar-refractivity contribution in [2.24, 2.45) is 16.2 Å². The van der Waals surface area contributed by atoms with Gasteiger partial charge in [0.05, 0.1) is 0 Å². The molecule has 0 radical (unpaired) electrons. The monoisotopic (exact) mass is 621 g/mol. The fraction of sp³-hybridized carbons (Fsp3) is 0.815. The van der Waals surface area contributed by atoms with E-state index in [-0.39, 0.29) is 89.2 Å². The minimum Gasteiger partial charge on any atom is -0.495 e. The van der Waals surface area contributed by atoms with Crippen LogP contribution in [0.2, 0.25) is 0 Å². The van der Waals surface area contributed by atoms with Gasteiger partial charge in [0.2, 0.25) is 0 Å². The fourth-order valence-corrected chi connectivity index (χ4v) is 2.22. The van der Waals surface area contributed by atoms with Crippen LogP contribution in [0.3, 0.4) is 0 Å². The number of hydrogen-bond acceptors (Lipinski definition) is 12. The van der Waals surface area contributed by atoms with Crippen LogP contribution < -0.4 is 16.0 Å². The molecule has 9 N–H and O–H groups in total. The van der Waals surface area contributed by atoms with Crippen LogP contribution in [0.4, 0.5) is 0 Å². The van der Waals surface area contributed by atoms with Gasteiger partial charge in [-0.1, -0.05) is 41.5 Å². The third-order valence-corrected chi connectivity index (χ3v) is 4.97.